The Morgan fingerprint density at radius 3 is 2.42 bits per heavy atom. The smallest absolute Gasteiger partial charge is 0.150 e. The Morgan fingerprint density at radius 2 is 1.92 bits per heavy atom. The molecule has 1 N–H and O–H groups in total. The van der Waals surface area contributed by atoms with Crippen LogP contribution in [0, 0.1) is 12.1 Å². The highest BCUT2D eigenvalue weighted by Crippen LogP contribution is 2.18. The maximum atomic E-state index is 11.7. The van der Waals surface area contributed by atoms with E-state index in [1.165, 1.54) is 13.1 Å². The Kier molecular flexibility index (Phi) is 2.47. The Hall–Kier alpha value is -1.33. The number of hydrogen-bond donors (Lipinski definition) is 1. The summed E-state index contributed by atoms with van der Waals surface area (Å²) in [6, 6.07) is 8.75. The largest absolute Gasteiger partial charge is 0.374 e. The van der Waals surface area contributed by atoms with E-state index < -0.39 is 5.60 Å². The van der Waals surface area contributed by atoms with Crippen LogP contribution in [0.4, 0.5) is 4.39 Å². The summed E-state index contributed by atoms with van der Waals surface area (Å²) in [6.45, 7) is 1.45. The zero-order valence-electron chi connectivity index (χ0n) is 6.71. The molecule has 0 fully saturated rings. The molecule has 1 atom stereocenters. The number of hydrogen-bond acceptors (Lipinski definition) is 1. The van der Waals surface area contributed by atoms with Crippen LogP contribution >= 0.6 is 0 Å². The molecule has 2 heteroatoms. The van der Waals surface area contributed by atoms with E-state index in [4.69, 9.17) is 0 Å². The van der Waals surface area contributed by atoms with E-state index in [9.17, 15) is 9.50 Å². The molecule has 0 aliphatic heterocycles. The quantitative estimate of drug-likeness (QED) is 0.628. The third kappa shape index (κ3) is 1.84. The molecule has 0 radical (unpaired) electrons. The van der Waals surface area contributed by atoms with Gasteiger partial charge in [0, 0.05) is 0 Å². The predicted molar refractivity (Wildman–Crippen MR) is 44.9 cm³/mol. The molecule has 62 valence electrons. The van der Waals surface area contributed by atoms with Crippen molar-refractivity contribution < 1.29 is 9.50 Å². The third-order valence-corrected chi connectivity index (χ3v) is 1.63. The molecule has 0 aromatic heterocycles. The topological polar surface area (TPSA) is 20.2 Å². The van der Waals surface area contributed by atoms with Crippen molar-refractivity contribution in [3.63, 3.8) is 0 Å². The van der Waals surface area contributed by atoms with Crippen molar-refractivity contribution in [2.45, 2.75) is 12.5 Å². The summed E-state index contributed by atoms with van der Waals surface area (Å²) in [5, 5.41) is 9.57. The SMILES string of the molecule is CC(O)(C#CF)c1ccccc1. The summed E-state index contributed by atoms with van der Waals surface area (Å²) in [6.07, 6.45) is 1.21. The van der Waals surface area contributed by atoms with Crippen molar-refractivity contribution in [2.24, 2.45) is 0 Å². The standard InChI is InChI=1S/C10H9FO/c1-10(12,7-8-11)9-5-3-2-4-6-9/h2-6,12H,1H3. The second-order valence-corrected chi connectivity index (χ2v) is 2.66. The molecule has 1 aromatic rings. The second-order valence-electron chi connectivity index (χ2n) is 2.66. The van der Waals surface area contributed by atoms with Crippen LogP contribution in [0.25, 0.3) is 0 Å². The van der Waals surface area contributed by atoms with E-state index in [0.717, 1.165) is 0 Å². The Morgan fingerprint density at radius 1 is 1.33 bits per heavy atom. The number of aliphatic hydroxyl groups is 1. The van der Waals surface area contributed by atoms with Crippen molar-refractivity contribution in [1.82, 2.24) is 0 Å². The van der Waals surface area contributed by atoms with Gasteiger partial charge in [-0.3, -0.25) is 0 Å². The minimum Gasteiger partial charge on any atom is -0.374 e. The van der Waals surface area contributed by atoms with E-state index in [1.54, 1.807) is 24.3 Å². The maximum absolute atomic E-state index is 11.7. The fraction of sp³-hybridized carbons (Fsp3) is 0.200. The van der Waals surface area contributed by atoms with E-state index in [0.29, 0.717) is 5.56 Å². The van der Waals surface area contributed by atoms with Crippen molar-refractivity contribution >= 4 is 0 Å². The molecule has 0 saturated carbocycles. The zero-order chi connectivity index (χ0) is 9.03. The van der Waals surface area contributed by atoms with Crippen LogP contribution in [0.3, 0.4) is 0 Å². The summed E-state index contributed by atoms with van der Waals surface area (Å²) in [5.41, 5.74) is -0.800. The summed E-state index contributed by atoms with van der Waals surface area (Å²) in [4.78, 5) is 0. The number of benzene rings is 1. The first kappa shape index (κ1) is 8.76. The normalized spacial score (nSPS) is 14.2. The molecular formula is C10H9FO. The second kappa shape index (κ2) is 3.38. The molecule has 0 saturated heterocycles. The van der Waals surface area contributed by atoms with Gasteiger partial charge in [-0.2, -0.15) is 0 Å². The molecule has 0 aliphatic carbocycles. The molecular weight excluding hydrogens is 155 g/mol. The highest BCUT2D eigenvalue weighted by molar-refractivity contribution is 5.29. The first-order chi connectivity index (χ1) is 5.67. The van der Waals surface area contributed by atoms with Gasteiger partial charge in [0.05, 0.1) is 0 Å². The van der Waals surface area contributed by atoms with Crippen LogP contribution in [-0.4, -0.2) is 5.11 Å². The first-order valence-corrected chi connectivity index (χ1v) is 3.57. The van der Waals surface area contributed by atoms with Gasteiger partial charge >= 0.3 is 0 Å². The molecule has 0 heterocycles. The lowest BCUT2D eigenvalue weighted by Crippen LogP contribution is -2.17. The van der Waals surface area contributed by atoms with Gasteiger partial charge in [-0.1, -0.05) is 30.3 Å². The minimum absolute atomic E-state index is 0.593. The van der Waals surface area contributed by atoms with Gasteiger partial charge in [0.1, 0.15) is 6.17 Å². The molecule has 1 unspecified atom stereocenters. The van der Waals surface area contributed by atoms with Gasteiger partial charge < -0.3 is 5.11 Å². The predicted octanol–water partition coefficient (Wildman–Crippen LogP) is 1.82. The average Bonchev–Trinajstić information content (AvgIpc) is 2.06. The van der Waals surface area contributed by atoms with E-state index in [1.807, 2.05) is 6.07 Å². The van der Waals surface area contributed by atoms with Gasteiger partial charge in [0.2, 0.25) is 0 Å². The van der Waals surface area contributed by atoms with Crippen LogP contribution in [0.15, 0.2) is 30.3 Å². The summed E-state index contributed by atoms with van der Waals surface area (Å²) in [7, 11) is 0. The van der Waals surface area contributed by atoms with Crippen LogP contribution in [-0.2, 0) is 5.60 Å². The fourth-order valence-electron chi connectivity index (χ4n) is 0.927. The van der Waals surface area contributed by atoms with Crippen LogP contribution < -0.4 is 0 Å². The van der Waals surface area contributed by atoms with Gasteiger partial charge in [0.25, 0.3) is 0 Å². The third-order valence-electron chi connectivity index (χ3n) is 1.63. The molecule has 0 amide bonds. The summed E-state index contributed by atoms with van der Waals surface area (Å²) >= 11 is 0. The van der Waals surface area contributed by atoms with E-state index in [2.05, 4.69) is 5.92 Å². The highest BCUT2D eigenvalue weighted by atomic mass is 19.1. The van der Waals surface area contributed by atoms with Crippen molar-refractivity contribution in [1.29, 1.82) is 0 Å². The van der Waals surface area contributed by atoms with E-state index in [-0.39, 0.29) is 0 Å². The average molecular weight is 164 g/mol. The lowest BCUT2D eigenvalue weighted by atomic mass is 9.97. The van der Waals surface area contributed by atoms with Crippen molar-refractivity contribution in [3.8, 4) is 12.1 Å². The highest BCUT2D eigenvalue weighted by Gasteiger charge is 2.19. The molecule has 1 aromatic carbocycles. The lowest BCUT2D eigenvalue weighted by Gasteiger charge is -2.15. The van der Waals surface area contributed by atoms with Gasteiger partial charge in [-0.05, 0) is 18.4 Å². The molecule has 0 bridgehead atoms. The Bertz CT molecular complexity index is 306. The minimum atomic E-state index is -1.39. The Labute approximate surface area is 70.9 Å². The van der Waals surface area contributed by atoms with Gasteiger partial charge in [0.15, 0.2) is 5.60 Å². The molecule has 0 aliphatic rings. The summed E-state index contributed by atoms with van der Waals surface area (Å²) in [5.74, 6) is 2.08. The first-order valence-electron chi connectivity index (χ1n) is 3.57. The molecule has 0 spiro atoms. The zero-order valence-corrected chi connectivity index (χ0v) is 6.71. The molecule has 12 heavy (non-hydrogen) atoms. The van der Waals surface area contributed by atoms with E-state index >= 15 is 0 Å². The maximum Gasteiger partial charge on any atom is 0.150 e. The number of halogens is 1. The molecule has 1 nitrogen and oxygen atoms in total. The van der Waals surface area contributed by atoms with Crippen LogP contribution in [0.2, 0.25) is 0 Å². The van der Waals surface area contributed by atoms with Gasteiger partial charge in [-0.25, -0.2) is 0 Å². The summed E-state index contributed by atoms with van der Waals surface area (Å²) < 4.78 is 11.7. The van der Waals surface area contributed by atoms with Crippen LogP contribution in [0.5, 0.6) is 0 Å². The lowest BCUT2D eigenvalue weighted by molar-refractivity contribution is 0.121. The fourth-order valence-corrected chi connectivity index (χ4v) is 0.927. The molecule has 1 rings (SSSR count). The van der Waals surface area contributed by atoms with Gasteiger partial charge in [-0.15, -0.1) is 4.39 Å². The monoisotopic (exact) mass is 164 g/mol. The van der Waals surface area contributed by atoms with Crippen molar-refractivity contribution in [3.05, 3.63) is 35.9 Å². The van der Waals surface area contributed by atoms with Crippen molar-refractivity contribution in [2.75, 3.05) is 0 Å². The Balaban J connectivity index is 3.03. The number of rotatable bonds is 1. The van der Waals surface area contributed by atoms with Crippen LogP contribution in [0.1, 0.15) is 12.5 Å².